The predicted molar refractivity (Wildman–Crippen MR) is 116 cm³/mol. The number of alkyl halides is 1. The van der Waals surface area contributed by atoms with Crippen LogP contribution in [0.25, 0.3) is 11.4 Å². The monoisotopic (exact) mass is 432 g/mol. The summed E-state index contributed by atoms with van der Waals surface area (Å²) < 4.78 is 20.9. The topological polar surface area (TPSA) is 101 Å². The van der Waals surface area contributed by atoms with Crippen LogP contribution in [-0.2, 0) is 6.61 Å². The molecular weight excluding hydrogens is 411 g/mol. The Hall–Kier alpha value is -4.07. The van der Waals surface area contributed by atoms with E-state index in [0.29, 0.717) is 33.8 Å². The van der Waals surface area contributed by atoms with E-state index in [9.17, 15) is 9.90 Å². The summed E-state index contributed by atoms with van der Waals surface area (Å²) in [6.07, 6.45) is -1.31. The number of carbonyl (C=O) groups excluding carboxylic acids is 1. The highest BCUT2D eigenvalue weighted by molar-refractivity contribution is 5.97. The predicted octanol–water partition coefficient (Wildman–Crippen LogP) is 4.72. The van der Waals surface area contributed by atoms with Gasteiger partial charge in [0.1, 0.15) is 18.1 Å². The third-order valence-corrected chi connectivity index (χ3v) is 5.23. The first-order valence-electron chi connectivity index (χ1n) is 9.97. The van der Waals surface area contributed by atoms with E-state index < -0.39 is 6.17 Å². The first-order chi connectivity index (χ1) is 15.4. The number of rotatable bonds is 7. The highest BCUT2D eigenvalue weighted by atomic mass is 19.1. The van der Waals surface area contributed by atoms with Gasteiger partial charge in [0, 0.05) is 11.1 Å². The van der Waals surface area contributed by atoms with Crippen molar-refractivity contribution < 1.29 is 19.0 Å². The summed E-state index contributed by atoms with van der Waals surface area (Å²) in [6, 6.07) is 17.2. The maximum atomic E-state index is 15.1. The number of aromatic nitrogens is 4. The van der Waals surface area contributed by atoms with Gasteiger partial charge in [-0.15, -0.1) is 5.10 Å². The molecule has 1 heterocycles. The van der Waals surface area contributed by atoms with E-state index in [0.717, 1.165) is 5.56 Å². The molecule has 0 amide bonds. The van der Waals surface area contributed by atoms with Crippen molar-refractivity contribution >= 4 is 5.78 Å². The van der Waals surface area contributed by atoms with Gasteiger partial charge in [-0.3, -0.25) is 4.79 Å². The molecule has 8 heteroatoms. The van der Waals surface area contributed by atoms with Crippen molar-refractivity contribution in [2.75, 3.05) is 0 Å². The number of ether oxygens (including phenoxy) is 1. The molecule has 162 valence electrons. The highest BCUT2D eigenvalue weighted by Crippen LogP contribution is 2.32. The fourth-order valence-electron chi connectivity index (χ4n) is 3.38. The van der Waals surface area contributed by atoms with Gasteiger partial charge in [-0.25, -0.2) is 9.49 Å². The summed E-state index contributed by atoms with van der Waals surface area (Å²) in [5.74, 6) is 0.674. The van der Waals surface area contributed by atoms with Crippen LogP contribution in [0.5, 0.6) is 11.5 Å². The average Bonchev–Trinajstić information content (AvgIpc) is 3.35. The number of nitrogens with one attached hydrogen (secondary N) is 1. The number of hydrogen-bond donors (Lipinski definition) is 2. The standard InChI is InChI=1S/C24H21FN4O3/c1-14-21(11-10-20(15(2)30)23(14)31)32-13-16-6-8-17(9-7-16)22(25)18-4-3-5-19(12-18)24-26-28-29-27-24/h3-12,22,31H,13H2,1-2H3,(H,26,27,28,29). The summed E-state index contributed by atoms with van der Waals surface area (Å²) in [6.45, 7) is 3.33. The van der Waals surface area contributed by atoms with Gasteiger partial charge < -0.3 is 9.84 Å². The van der Waals surface area contributed by atoms with Crippen LogP contribution in [0.15, 0.2) is 60.7 Å². The number of aromatic hydroxyl groups is 1. The van der Waals surface area contributed by atoms with E-state index >= 15 is 4.39 Å². The Kier molecular flexibility index (Phi) is 5.93. The van der Waals surface area contributed by atoms with Gasteiger partial charge in [-0.1, -0.05) is 42.5 Å². The molecule has 7 nitrogen and oxygen atoms in total. The smallest absolute Gasteiger partial charge is 0.179 e. The second kappa shape index (κ2) is 8.97. The Bertz CT molecular complexity index is 1240. The van der Waals surface area contributed by atoms with Crippen LogP contribution >= 0.6 is 0 Å². The van der Waals surface area contributed by atoms with E-state index in [4.69, 9.17) is 4.74 Å². The third kappa shape index (κ3) is 4.34. The zero-order chi connectivity index (χ0) is 22.7. The number of hydrogen-bond acceptors (Lipinski definition) is 6. The van der Waals surface area contributed by atoms with Crippen LogP contribution in [0.2, 0.25) is 0 Å². The molecule has 1 unspecified atom stereocenters. The molecule has 4 aromatic rings. The summed E-state index contributed by atoms with van der Waals surface area (Å²) in [4.78, 5) is 11.5. The van der Waals surface area contributed by atoms with Gasteiger partial charge in [0.2, 0.25) is 0 Å². The van der Waals surface area contributed by atoms with Crippen molar-refractivity contribution in [1.82, 2.24) is 20.6 Å². The summed E-state index contributed by atoms with van der Waals surface area (Å²) in [5, 5.41) is 23.8. The molecule has 0 radical (unpaired) electrons. The molecule has 0 saturated carbocycles. The molecule has 1 aromatic heterocycles. The number of Topliss-reactive ketones (excluding diaryl/α,β-unsaturated/α-hetero) is 1. The molecule has 32 heavy (non-hydrogen) atoms. The number of tetrazole rings is 1. The van der Waals surface area contributed by atoms with Crippen LogP contribution in [0, 0.1) is 6.92 Å². The number of carbonyl (C=O) groups is 1. The minimum absolute atomic E-state index is 0.0750. The number of halogens is 1. The molecule has 1 atom stereocenters. The summed E-state index contributed by atoms with van der Waals surface area (Å²) >= 11 is 0. The van der Waals surface area contributed by atoms with E-state index in [1.807, 2.05) is 6.07 Å². The first kappa shape index (κ1) is 21.2. The van der Waals surface area contributed by atoms with Gasteiger partial charge in [0.25, 0.3) is 0 Å². The van der Waals surface area contributed by atoms with Crippen molar-refractivity contribution in [3.8, 4) is 22.9 Å². The second-order valence-corrected chi connectivity index (χ2v) is 7.41. The van der Waals surface area contributed by atoms with Crippen LogP contribution in [0.1, 0.15) is 45.7 Å². The van der Waals surface area contributed by atoms with Crippen molar-refractivity contribution in [2.45, 2.75) is 26.6 Å². The zero-order valence-corrected chi connectivity index (χ0v) is 17.5. The molecule has 0 spiro atoms. The van der Waals surface area contributed by atoms with Crippen molar-refractivity contribution in [3.63, 3.8) is 0 Å². The Labute approximate surface area is 183 Å². The van der Waals surface area contributed by atoms with E-state index in [1.54, 1.807) is 61.5 Å². The van der Waals surface area contributed by atoms with Crippen molar-refractivity contribution in [3.05, 3.63) is 88.5 Å². The van der Waals surface area contributed by atoms with E-state index in [1.165, 1.54) is 6.92 Å². The van der Waals surface area contributed by atoms with E-state index in [-0.39, 0.29) is 23.7 Å². The highest BCUT2D eigenvalue weighted by Gasteiger charge is 2.15. The van der Waals surface area contributed by atoms with Gasteiger partial charge in [-0.05, 0) is 59.2 Å². The first-order valence-corrected chi connectivity index (χ1v) is 9.97. The number of benzene rings is 3. The maximum absolute atomic E-state index is 15.1. The van der Waals surface area contributed by atoms with Crippen LogP contribution in [-0.4, -0.2) is 31.5 Å². The average molecular weight is 432 g/mol. The number of H-pyrrole nitrogens is 1. The molecule has 3 aromatic carbocycles. The van der Waals surface area contributed by atoms with Crippen molar-refractivity contribution in [1.29, 1.82) is 0 Å². The lowest BCUT2D eigenvalue weighted by molar-refractivity contribution is 0.101. The SMILES string of the molecule is CC(=O)c1ccc(OCc2ccc(C(F)c3cccc(-c4nnn[nH]4)c3)cc2)c(C)c1O. The largest absolute Gasteiger partial charge is 0.507 e. The summed E-state index contributed by atoms with van der Waals surface area (Å²) in [7, 11) is 0. The second-order valence-electron chi connectivity index (χ2n) is 7.41. The van der Waals surface area contributed by atoms with Crippen LogP contribution in [0.3, 0.4) is 0 Å². The van der Waals surface area contributed by atoms with Crippen LogP contribution < -0.4 is 4.74 Å². The molecule has 0 aliphatic heterocycles. The number of phenols is 1. The minimum Gasteiger partial charge on any atom is -0.507 e. The Morgan fingerprint density at radius 1 is 1.12 bits per heavy atom. The number of phenolic OH excluding ortho intramolecular Hbond substituents is 1. The molecule has 0 fully saturated rings. The lowest BCUT2D eigenvalue weighted by atomic mass is 10.00. The number of aromatic amines is 1. The third-order valence-electron chi connectivity index (χ3n) is 5.23. The fourth-order valence-corrected chi connectivity index (χ4v) is 3.38. The molecule has 0 saturated heterocycles. The molecule has 0 aliphatic carbocycles. The minimum atomic E-state index is -1.31. The quantitative estimate of drug-likeness (QED) is 0.410. The fraction of sp³-hybridized carbons (Fsp3) is 0.167. The molecule has 0 bridgehead atoms. The number of ketones is 1. The maximum Gasteiger partial charge on any atom is 0.179 e. The molecule has 4 rings (SSSR count). The van der Waals surface area contributed by atoms with Crippen molar-refractivity contribution in [2.24, 2.45) is 0 Å². The number of nitrogens with zero attached hydrogens (tertiary/aromatic N) is 3. The van der Waals surface area contributed by atoms with Crippen LogP contribution in [0.4, 0.5) is 4.39 Å². The Morgan fingerprint density at radius 2 is 1.91 bits per heavy atom. The molecule has 0 aliphatic rings. The zero-order valence-electron chi connectivity index (χ0n) is 17.5. The normalized spacial score (nSPS) is 11.8. The lowest BCUT2D eigenvalue weighted by Gasteiger charge is -2.13. The molecular formula is C24H21FN4O3. The lowest BCUT2D eigenvalue weighted by Crippen LogP contribution is -2.01. The van der Waals surface area contributed by atoms with Gasteiger partial charge >= 0.3 is 0 Å². The molecule has 2 N–H and O–H groups in total. The Balaban J connectivity index is 1.45. The van der Waals surface area contributed by atoms with Gasteiger partial charge in [0.15, 0.2) is 17.8 Å². The Morgan fingerprint density at radius 3 is 2.59 bits per heavy atom. The van der Waals surface area contributed by atoms with Gasteiger partial charge in [-0.2, -0.15) is 0 Å². The van der Waals surface area contributed by atoms with E-state index in [2.05, 4.69) is 20.6 Å². The van der Waals surface area contributed by atoms with Gasteiger partial charge in [0.05, 0.1) is 5.56 Å². The summed E-state index contributed by atoms with van der Waals surface area (Å²) in [5.41, 5.74) is 3.32.